The zero-order chi connectivity index (χ0) is 13.5. The zero-order valence-electron chi connectivity index (χ0n) is 12.4. The average Bonchev–Trinajstić information content (AvgIpc) is 2.64. The van der Waals surface area contributed by atoms with E-state index in [9.17, 15) is 0 Å². The van der Waals surface area contributed by atoms with Crippen LogP contribution in [0.5, 0.6) is 0 Å². The van der Waals surface area contributed by atoms with Gasteiger partial charge in [-0.3, -0.25) is 4.90 Å². The SMILES string of the molecule is CCNCc1oc(CN(C)CCN(C)C)cc1C. The maximum Gasteiger partial charge on any atom is 0.120 e. The van der Waals surface area contributed by atoms with E-state index in [0.29, 0.717) is 0 Å². The second-order valence-corrected chi connectivity index (χ2v) is 5.14. The van der Waals surface area contributed by atoms with Gasteiger partial charge in [0.25, 0.3) is 0 Å². The lowest BCUT2D eigenvalue weighted by Crippen LogP contribution is -2.28. The van der Waals surface area contributed by atoms with Crippen LogP contribution in [-0.2, 0) is 13.1 Å². The van der Waals surface area contributed by atoms with Gasteiger partial charge in [0.1, 0.15) is 11.5 Å². The van der Waals surface area contributed by atoms with E-state index in [0.717, 1.165) is 44.2 Å². The van der Waals surface area contributed by atoms with Crippen LogP contribution in [0.3, 0.4) is 0 Å². The van der Waals surface area contributed by atoms with E-state index in [1.165, 1.54) is 5.56 Å². The number of nitrogens with one attached hydrogen (secondary N) is 1. The van der Waals surface area contributed by atoms with Crippen molar-refractivity contribution in [2.75, 3.05) is 40.8 Å². The van der Waals surface area contributed by atoms with E-state index in [1.807, 2.05) is 0 Å². The van der Waals surface area contributed by atoms with Crippen molar-refractivity contribution in [1.29, 1.82) is 0 Å². The van der Waals surface area contributed by atoms with Gasteiger partial charge in [0.2, 0.25) is 0 Å². The molecular weight excluding hydrogens is 226 g/mol. The summed E-state index contributed by atoms with van der Waals surface area (Å²) in [6.07, 6.45) is 0. The van der Waals surface area contributed by atoms with Gasteiger partial charge >= 0.3 is 0 Å². The van der Waals surface area contributed by atoms with E-state index in [2.05, 4.69) is 56.2 Å². The molecule has 0 radical (unpaired) electrons. The Kier molecular flexibility index (Phi) is 6.39. The quantitative estimate of drug-likeness (QED) is 0.764. The third-order valence-corrected chi connectivity index (χ3v) is 2.96. The van der Waals surface area contributed by atoms with Gasteiger partial charge in [-0.2, -0.15) is 0 Å². The molecular formula is C14H27N3O. The van der Waals surface area contributed by atoms with Crippen molar-refractivity contribution in [3.8, 4) is 0 Å². The molecule has 0 atom stereocenters. The van der Waals surface area contributed by atoms with E-state index in [1.54, 1.807) is 0 Å². The van der Waals surface area contributed by atoms with Gasteiger partial charge in [0.15, 0.2) is 0 Å². The van der Waals surface area contributed by atoms with Gasteiger partial charge in [-0.1, -0.05) is 6.92 Å². The summed E-state index contributed by atoms with van der Waals surface area (Å²) >= 11 is 0. The third kappa shape index (κ3) is 5.21. The number of rotatable bonds is 8. The summed E-state index contributed by atoms with van der Waals surface area (Å²) < 4.78 is 5.88. The minimum atomic E-state index is 0.823. The van der Waals surface area contributed by atoms with Gasteiger partial charge in [-0.25, -0.2) is 0 Å². The number of nitrogens with zero attached hydrogens (tertiary/aromatic N) is 2. The molecule has 18 heavy (non-hydrogen) atoms. The first-order valence-corrected chi connectivity index (χ1v) is 6.65. The van der Waals surface area contributed by atoms with Crippen molar-refractivity contribution in [3.63, 3.8) is 0 Å². The lowest BCUT2D eigenvalue weighted by atomic mass is 10.2. The van der Waals surface area contributed by atoms with E-state index in [4.69, 9.17) is 4.42 Å². The van der Waals surface area contributed by atoms with Gasteiger partial charge in [0, 0.05) is 13.1 Å². The highest BCUT2D eigenvalue weighted by Crippen LogP contribution is 2.15. The van der Waals surface area contributed by atoms with Crippen LogP contribution in [0.25, 0.3) is 0 Å². The van der Waals surface area contributed by atoms with E-state index >= 15 is 0 Å². The monoisotopic (exact) mass is 253 g/mol. The summed E-state index contributed by atoms with van der Waals surface area (Å²) in [5.41, 5.74) is 1.24. The van der Waals surface area contributed by atoms with Crippen molar-refractivity contribution in [2.45, 2.75) is 26.9 Å². The molecule has 4 heteroatoms. The molecule has 0 aliphatic carbocycles. The third-order valence-electron chi connectivity index (χ3n) is 2.96. The predicted octanol–water partition coefficient (Wildman–Crippen LogP) is 1.69. The van der Waals surface area contributed by atoms with Crippen LogP contribution in [0.2, 0.25) is 0 Å². The summed E-state index contributed by atoms with van der Waals surface area (Å²) in [4.78, 5) is 4.48. The summed E-state index contributed by atoms with van der Waals surface area (Å²) in [5.74, 6) is 2.12. The van der Waals surface area contributed by atoms with Crippen molar-refractivity contribution < 1.29 is 4.42 Å². The first kappa shape index (κ1) is 15.2. The van der Waals surface area contributed by atoms with Crippen molar-refractivity contribution in [1.82, 2.24) is 15.1 Å². The van der Waals surface area contributed by atoms with Crippen molar-refractivity contribution >= 4 is 0 Å². The van der Waals surface area contributed by atoms with Crippen LogP contribution in [0.15, 0.2) is 10.5 Å². The summed E-state index contributed by atoms with van der Waals surface area (Å²) in [7, 11) is 6.32. The molecule has 1 rings (SSSR count). The second kappa shape index (κ2) is 7.56. The number of aryl methyl sites for hydroxylation is 1. The topological polar surface area (TPSA) is 31.7 Å². The molecule has 1 N–H and O–H groups in total. The van der Waals surface area contributed by atoms with Crippen LogP contribution in [0.4, 0.5) is 0 Å². The molecule has 0 spiro atoms. The van der Waals surface area contributed by atoms with E-state index in [-0.39, 0.29) is 0 Å². The molecule has 0 unspecified atom stereocenters. The molecule has 0 bridgehead atoms. The first-order chi connectivity index (χ1) is 8.52. The van der Waals surface area contributed by atoms with Crippen LogP contribution in [-0.4, -0.2) is 50.6 Å². The van der Waals surface area contributed by atoms with Crippen molar-refractivity contribution in [3.05, 3.63) is 23.2 Å². The number of likely N-dealkylation sites (N-methyl/N-ethyl adjacent to an activating group) is 2. The molecule has 0 amide bonds. The van der Waals surface area contributed by atoms with Gasteiger partial charge < -0.3 is 14.6 Å². The summed E-state index contributed by atoms with van der Waals surface area (Å²) in [6.45, 7) is 9.01. The molecule has 1 heterocycles. The Morgan fingerprint density at radius 3 is 2.56 bits per heavy atom. The molecule has 0 aliphatic rings. The molecule has 0 saturated heterocycles. The first-order valence-electron chi connectivity index (χ1n) is 6.65. The van der Waals surface area contributed by atoms with Crippen LogP contribution >= 0.6 is 0 Å². The molecule has 0 saturated carbocycles. The largest absolute Gasteiger partial charge is 0.463 e. The number of hydrogen-bond acceptors (Lipinski definition) is 4. The Balaban J connectivity index is 2.46. The molecule has 0 aliphatic heterocycles. The van der Waals surface area contributed by atoms with E-state index < -0.39 is 0 Å². The maximum atomic E-state index is 5.88. The summed E-state index contributed by atoms with van der Waals surface area (Å²) in [6, 6.07) is 2.15. The van der Waals surface area contributed by atoms with Crippen LogP contribution in [0, 0.1) is 6.92 Å². The standard InChI is InChI=1S/C14H27N3O/c1-6-15-10-14-12(2)9-13(18-14)11-17(5)8-7-16(3)4/h9,15H,6-8,10-11H2,1-5H3. The Morgan fingerprint density at radius 1 is 1.22 bits per heavy atom. The van der Waals surface area contributed by atoms with Crippen molar-refractivity contribution in [2.24, 2.45) is 0 Å². The molecule has 0 fully saturated rings. The van der Waals surface area contributed by atoms with Crippen LogP contribution in [0.1, 0.15) is 24.0 Å². The highest BCUT2D eigenvalue weighted by molar-refractivity contribution is 5.19. The fourth-order valence-corrected chi connectivity index (χ4v) is 1.80. The molecule has 1 aromatic rings. The molecule has 104 valence electrons. The normalized spacial score (nSPS) is 11.7. The minimum absolute atomic E-state index is 0.823. The molecule has 1 aromatic heterocycles. The Hall–Kier alpha value is -0.840. The van der Waals surface area contributed by atoms with Crippen LogP contribution < -0.4 is 5.32 Å². The Morgan fingerprint density at radius 2 is 1.94 bits per heavy atom. The maximum absolute atomic E-state index is 5.88. The highest BCUT2D eigenvalue weighted by Gasteiger charge is 2.09. The zero-order valence-corrected chi connectivity index (χ0v) is 12.4. The second-order valence-electron chi connectivity index (χ2n) is 5.14. The molecule has 0 aromatic carbocycles. The fourth-order valence-electron chi connectivity index (χ4n) is 1.80. The van der Waals surface area contributed by atoms with Gasteiger partial charge in [-0.05, 0) is 46.2 Å². The average molecular weight is 253 g/mol. The fraction of sp³-hybridized carbons (Fsp3) is 0.714. The highest BCUT2D eigenvalue weighted by atomic mass is 16.3. The lowest BCUT2D eigenvalue weighted by molar-refractivity contribution is 0.255. The lowest BCUT2D eigenvalue weighted by Gasteiger charge is -2.17. The molecule has 4 nitrogen and oxygen atoms in total. The number of furan rings is 1. The smallest absolute Gasteiger partial charge is 0.120 e. The number of hydrogen-bond donors (Lipinski definition) is 1. The predicted molar refractivity (Wildman–Crippen MR) is 75.7 cm³/mol. The van der Waals surface area contributed by atoms with Gasteiger partial charge in [-0.15, -0.1) is 0 Å². The Bertz CT molecular complexity index is 347. The van der Waals surface area contributed by atoms with Gasteiger partial charge in [0.05, 0.1) is 13.1 Å². The summed E-state index contributed by atoms with van der Waals surface area (Å²) in [5, 5.41) is 3.30. The minimum Gasteiger partial charge on any atom is -0.463 e. The Labute approximate surface area is 111 Å².